The summed E-state index contributed by atoms with van der Waals surface area (Å²) in [5.41, 5.74) is 2.73. The molecule has 0 bridgehead atoms. The monoisotopic (exact) mass is 397 g/mol. The summed E-state index contributed by atoms with van der Waals surface area (Å²) in [6.45, 7) is 2.68. The minimum absolute atomic E-state index is 0.0522. The molecular weight excluding hydrogens is 374 g/mol. The van der Waals surface area contributed by atoms with E-state index in [1.165, 1.54) is 0 Å². The van der Waals surface area contributed by atoms with Crippen molar-refractivity contribution in [3.63, 3.8) is 0 Å². The number of thiazole rings is 1. The molecular formula is C22H23NO4S. The highest BCUT2D eigenvalue weighted by Gasteiger charge is 2.12. The van der Waals surface area contributed by atoms with Gasteiger partial charge in [-0.3, -0.25) is 4.79 Å². The number of benzene rings is 2. The Morgan fingerprint density at radius 2 is 2.00 bits per heavy atom. The highest BCUT2D eigenvalue weighted by molar-refractivity contribution is 7.19. The Morgan fingerprint density at radius 1 is 1.18 bits per heavy atom. The van der Waals surface area contributed by atoms with E-state index in [2.05, 4.69) is 11.9 Å². The number of hydrogen-bond donors (Lipinski definition) is 1. The van der Waals surface area contributed by atoms with Gasteiger partial charge in [-0.1, -0.05) is 25.1 Å². The second kappa shape index (κ2) is 9.37. The maximum absolute atomic E-state index is 11.1. The van der Waals surface area contributed by atoms with E-state index < -0.39 is 5.97 Å². The summed E-state index contributed by atoms with van der Waals surface area (Å²) in [5, 5.41) is 9.98. The van der Waals surface area contributed by atoms with E-state index in [0.717, 1.165) is 32.8 Å². The van der Waals surface area contributed by atoms with Gasteiger partial charge in [0.05, 0.1) is 23.9 Å². The maximum Gasteiger partial charge on any atom is 0.303 e. The van der Waals surface area contributed by atoms with Crippen LogP contribution in [0, 0.1) is 0 Å². The van der Waals surface area contributed by atoms with Crippen LogP contribution in [0.5, 0.6) is 11.5 Å². The zero-order valence-corrected chi connectivity index (χ0v) is 16.8. The van der Waals surface area contributed by atoms with Crippen molar-refractivity contribution in [1.82, 2.24) is 4.98 Å². The average molecular weight is 397 g/mol. The van der Waals surface area contributed by atoms with Gasteiger partial charge in [0.2, 0.25) is 0 Å². The van der Waals surface area contributed by atoms with Gasteiger partial charge in [-0.25, -0.2) is 4.98 Å². The third kappa shape index (κ3) is 4.89. The first-order chi connectivity index (χ1) is 13.6. The number of carboxylic acid groups (broad SMARTS) is 1. The number of aromatic nitrogens is 1. The highest BCUT2D eigenvalue weighted by atomic mass is 32.1. The van der Waals surface area contributed by atoms with Gasteiger partial charge < -0.3 is 14.6 Å². The van der Waals surface area contributed by atoms with E-state index in [4.69, 9.17) is 14.6 Å². The summed E-state index contributed by atoms with van der Waals surface area (Å²) in [6, 6.07) is 13.6. The number of methoxy groups -OCH3 is 1. The van der Waals surface area contributed by atoms with Crippen LogP contribution >= 0.6 is 11.3 Å². The molecule has 28 heavy (non-hydrogen) atoms. The van der Waals surface area contributed by atoms with E-state index in [0.29, 0.717) is 24.5 Å². The van der Waals surface area contributed by atoms with Gasteiger partial charge in [0.15, 0.2) is 11.5 Å². The van der Waals surface area contributed by atoms with Gasteiger partial charge in [-0.2, -0.15) is 0 Å². The van der Waals surface area contributed by atoms with Crippen molar-refractivity contribution < 1.29 is 19.4 Å². The number of aliphatic carboxylic acids is 1. The Kier molecular flexibility index (Phi) is 6.66. The third-order valence-corrected chi connectivity index (χ3v) is 5.28. The Bertz CT molecular complexity index is 960. The molecule has 0 unspecified atom stereocenters. The lowest BCUT2D eigenvalue weighted by Gasteiger charge is -2.11. The summed E-state index contributed by atoms with van der Waals surface area (Å²) in [6.07, 6.45) is 3.36. The number of nitrogens with zero attached hydrogens (tertiary/aromatic N) is 1. The second-order valence-electron chi connectivity index (χ2n) is 6.31. The molecule has 1 aromatic heterocycles. The SMILES string of the molecule is CCCOc1ccc(/C=C(\CCC(=O)O)c2nc3ccccc3s2)cc1OC. The first-order valence-electron chi connectivity index (χ1n) is 9.20. The molecule has 6 heteroatoms. The van der Waals surface area contributed by atoms with Crippen LogP contribution in [0.2, 0.25) is 0 Å². The van der Waals surface area contributed by atoms with E-state index >= 15 is 0 Å². The molecule has 3 aromatic rings. The van der Waals surface area contributed by atoms with E-state index in [-0.39, 0.29) is 6.42 Å². The van der Waals surface area contributed by atoms with Gasteiger partial charge in [-0.05, 0) is 54.3 Å². The van der Waals surface area contributed by atoms with Crippen LogP contribution in [0.25, 0.3) is 21.9 Å². The van der Waals surface area contributed by atoms with Crippen LogP contribution < -0.4 is 9.47 Å². The summed E-state index contributed by atoms with van der Waals surface area (Å²) >= 11 is 1.57. The molecule has 0 atom stereocenters. The third-order valence-electron chi connectivity index (χ3n) is 4.17. The minimum atomic E-state index is -0.826. The molecule has 146 valence electrons. The summed E-state index contributed by atoms with van der Waals surface area (Å²) in [4.78, 5) is 15.8. The molecule has 0 aliphatic heterocycles. The van der Waals surface area contributed by atoms with E-state index in [9.17, 15) is 4.79 Å². The molecule has 0 aliphatic carbocycles. The molecule has 0 fully saturated rings. The lowest BCUT2D eigenvalue weighted by atomic mass is 10.1. The predicted molar refractivity (Wildman–Crippen MR) is 113 cm³/mol. The molecule has 0 amide bonds. The predicted octanol–water partition coefficient (Wildman–Crippen LogP) is 5.50. The zero-order chi connectivity index (χ0) is 19.9. The van der Waals surface area contributed by atoms with Crippen molar-refractivity contribution in [2.45, 2.75) is 26.2 Å². The number of ether oxygens (including phenoxy) is 2. The molecule has 0 radical (unpaired) electrons. The van der Waals surface area contributed by atoms with Gasteiger partial charge in [0.25, 0.3) is 0 Å². The van der Waals surface area contributed by atoms with Gasteiger partial charge in [0, 0.05) is 6.42 Å². The van der Waals surface area contributed by atoms with Crippen molar-refractivity contribution >= 4 is 39.2 Å². The fraction of sp³-hybridized carbons (Fsp3) is 0.273. The zero-order valence-electron chi connectivity index (χ0n) is 16.0. The molecule has 1 heterocycles. The highest BCUT2D eigenvalue weighted by Crippen LogP contribution is 2.33. The van der Waals surface area contributed by atoms with Crippen LogP contribution in [-0.2, 0) is 4.79 Å². The Morgan fingerprint density at radius 3 is 2.71 bits per heavy atom. The summed E-state index contributed by atoms with van der Waals surface area (Å²) in [5.74, 6) is 0.533. The molecule has 1 N–H and O–H groups in total. The Hall–Kier alpha value is -2.86. The van der Waals surface area contributed by atoms with E-state index in [1.807, 2.05) is 48.5 Å². The number of fused-ring (bicyclic) bond motifs is 1. The number of carbonyl (C=O) groups is 1. The van der Waals surface area contributed by atoms with Crippen molar-refractivity contribution in [3.05, 3.63) is 53.0 Å². The first kappa shape index (κ1) is 19.9. The van der Waals surface area contributed by atoms with Gasteiger partial charge >= 0.3 is 5.97 Å². The average Bonchev–Trinajstić information content (AvgIpc) is 3.13. The fourth-order valence-electron chi connectivity index (χ4n) is 2.80. The number of hydrogen-bond acceptors (Lipinski definition) is 5. The van der Waals surface area contributed by atoms with Crippen LogP contribution in [0.1, 0.15) is 36.8 Å². The lowest BCUT2D eigenvalue weighted by molar-refractivity contribution is -0.136. The Balaban J connectivity index is 1.97. The molecule has 0 saturated heterocycles. The number of para-hydroxylation sites is 1. The summed E-state index contributed by atoms with van der Waals surface area (Å²) < 4.78 is 12.2. The van der Waals surface area contributed by atoms with Crippen molar-refractivity contribution in [2.75, 3.05) is 13.7 Å². The molecule has 0 aliphatic rings. The first-order valence-corrected chi connectivity index (χ1v) is 10.0. The van der Waals surface area contributed by atoms with Crippen molar-refractivity contribution in [3.8, 4) is 11.5 Å². The van der Waals surface area contributed by atoms with Gasteiger partial charge in [0.1, 0.15) is 5.01 Å². The smallest absolute Gasteiger partial charge is 0.303 e. The molecule has 0 spiro atoms. The van der Waals surface area contributed by atoms with Gasteiger partial charge in [-0.15, -0.1) is 11.3 Å². The maximum atomic E-state index is 11.1. The lowest BCUT2D eigenvalue weighted by Crippen LogP contribution is -1.98. The van der Waals surface area contributed by atoms with Crippen LogP contribution in [0.3, 0.4) is 0 Å². The largest absolute Gasteiger partial charge is 0.493 e. The second-order valence-corrected chi connectivity index (χ2v) is 7.34. The number of rotatable bonds is 9. The van der Waals surface area contributed by atoms with E-state index in [1.54, 1.807) is 18.4 Å². The number of carboxylic acids is 1. The van der Waals surface area contributed by atoms with Crippen molar-refractivity contribution in [2.24, 2.45) is 0 Å². The summed E-state index contributed by atoms with van der Waals surface area (Å²) in [7, 11) is 1.61. The molecule has 0 saturated carbocycles. The van der Waals surface area contributed by atoms with Crippen molar-refractivity contribution in [1.29, 1.82) is 0 Å². The Labute approximate surface area is 168 Å². The van der Waals surface area contributed by atoms with Crippen LogP contribution in [0.15, 0.2) is 42.5 Å². The normalized spacial score (nSPS) is 11.6. The van der Waals surface area contributed by atoms with Crippen LogP contribution in [0.4, 0.5) is 0 Å². The van der Waals surface area contributed by atoms with Crippen LogP contribution in [-0.4, -0.2) is 29.8 Å². The number of allylic oxidation sites excluding steroid dienone is 1. The topological polar surface area (TPSA) is 68.7 Å². The standard InChI is InChI=1S/C22H23NO4S/c1-3-12-27-18-10-8-15(14-19(18)26-2)13-16(9-11-21(24)25)22-23-17-6-4-5-7-20(17)28-22/h4-8,10,13-14H,3,9,11-12H2,1-2H3,(H,24,25)/b16-13+. The molecule has 3 rings (SSSR count). The quantitative estimate of drug-likeness (QED) is 0.516. The molecule has 5 nitrogen and oxygen atoms in total. The fourth-order valence-corrected chi connectivity index (χ4v) is 3.81. The molecule has 2 aromatic carbocycles. The minimum Gasteiger partial charge on any atom is -0.493 e.